The lowest BCUT2D eigenvalue weighted by molar-refractivity contribution is -0.140. The van der Waals surface area contributed by atoms with Crippen LogP contribution in [-0.4, -0.2) is 45.0 Å². The minimum Gasteiger partial charge on any atom is -0.508 e. The Morgan fingerprint density at radius 1 is 0.780 bits per heavy atom. The van der Waals surface area contributed by atoms with Gasteiger partial charge in [-0.3, -0.25) is 24.1 Å². The number of hydrogen-bond acceptors (Lipinski definition) is 6. The van der Waals surface area contributed by atoms with Crippen LogP contribution >= 0.6 is 0 Å². The summed E-state index contributed by atoms with van der Waals surface area (Å²) in [4.78, 5) is 59.5. The Labute approximate surface area is 288 Å². The van der Waals surface area contributed by atoms with Gasteiger partial charge in [0.05, 0.1) is 17.3 Å². The Kier molecular flexibility index (Phi) is 7.62. The van der Waals surface area contributed by atoms with Gasteiger partial charge in [0.25, 0.3) is 0 Å². The van der Waals surface area contributed by atoms with Gasteiger partial charge in [0.2, 0.25) is 11.8 Å². The molecule has 4 aliphatic rings. The molecule has 1 heterocycles. The van der Waals surface area contributed by atoms with Crippen molar-refractivity contribution in [2.75, 3.05) is 6.54 Å². The number of aromatic hydroxyl groups is 2. The van der Waals surface area contributed by atoms with Crippen LogP contribution < -0.4 is 0 Å². The lowest BCUT2D eigenvalue weighted by Crippen LogP contribution is -2.58. The van der Waals surface area contributed by atoms with Crippen LogP contribution in [0.4, 0.5) is 4.39 Å². The van der Waals surface area contributed by atoms with Gasteiger partial charge in [-0.25, -0.2) is 4.39 Å². The van der Waals surface area contributed by atoms with Gasteiger partial charge in [0.15, 0.2) is 23.1 Å². The monoisotopic (exact) mass is 667 g/mol. The summed E-state index contributed by atoms with van der Waals surface area (Å²) in [5.74, 6) is -6.63. The molecule has 2 N–H and O–H groups in total. The molecular formula is C42H34FNO6. The third kappa shape index (κ3) is 4.69. The summed E-state index contributed by atoms with van der Waals surface area (Å²) in [5, 5.41) is 21.0. The highest BCUT2D eigenvalue weighted by atomic mass is 19.1. The minimum atomic E-state index is -1.55. The topological polar surface area (TPSA) is 112 Å². The van der Waals surface area contributed by atoms with Crippen LogP contribution in [0.25, 0.3) is 5.57 Å². The third-order valence-corrected chi connectivity index (χ3v) is 11.4. The van der Waals surface area contributed by atoms with Gasteiger partial charge in [-0.2, -0.15) is 0 Å². The Morgan fingerprint density at radius 3 is 2.20 bits per heavy atom. The molecule has 1 saturated heterocycles. The average Bonchev–Trinajstić information content (AvgIpc) is 3.38. The van der Waals surface area contributed by atoms with Crippen molar-refractivity contribution in [1.29, 1.82) is 0 Å². The summed E-state index contributed by atoms with van der Waals surface area (Å²) in [6.45, 7) is 0.154. The number of rotatable bonds is 6. The summed E-state index contributed by atoms with van der Waals surface area (Å²) in [6, 6.07) is 28.8. The van der Waals surface area contributed by atoms with E-state index in [1.165, 1.54) is 17.0 Å². The predicted molar refractivity (Wildman–Crippen MR) is 183 cm³/mol. The van der Waals surface area contributed by atoms with Crippen LogP contribution in [0.2, 0.25) is 0 Å². The molecule has 0 aromatic heterocycles. The first-order valence-electron chi connectivity index (χ1n) is 16.9. The largest absolute Gasteiger partial charge is 0.508 e. The number of amides is 2. The predicted octanol–water partition coefficient (Wildman–Crippen LogP) is 6.30. The molecule has 7 nitrogen and oxygen atoms in total. The molecular weight excluding hydrogens is 633 g/mol. The number of ketones is 2. The van der Waals surface area contributed by atoms with E-state index in [1.807, 2.05) is 18.2 Å². The molecule has 4 aromatic carbocycles. The summed E-state index contributed by atoms with van der Waals surface area (Å²) in [6.07, 6.45) is 4.04. The zero-order chi connectivity index (χ0) is 34.7. The molecule has 0 spiro atoms. The minimum absolute atomic E-state index is 0.119. The molecule has 1 saturated carbocycles. The first kappa shape index (κ1) is 31.6. The zero-order valence-electron chi connectivity index (χ0n) is 27.0. The smallest absolute Gasteiger partial charge is 0.233 e. The maximum absolute atomic E-state index is 15.2. The van der Waals surface area contributed by atoms with Crippen molar-refractivity contribution in [3.63, 3.8) is 0 Å². The van der Waals surface area contributed by atoms with E-state index in [9.17, 15) is 29.4 Å². The van der Waals surface area contributed by atoms with Gasteiger partial charge < -0.3 is 10.2 Å². The Morgan fingerprint density at radius 2 is 1.48 bits per heavy atom. The number of likely N-dealkylation sites (tertiary alicyclic amines) is 1. The highest BCUT2D eigenvalue weighted by Gasteiger charge is 2.66. The maximum atomic E-state index is 15.2. The number of allylic oxidation sites excluding steroid dienone is 4. The zero-order valence-corrected chi connectivity index (χ0v) is 27.0. The van der Waals surface area contributed by atoms with Gasteiger partial charge >= 0.3 is 0 Å². The summed E-state index contributed by atoms with van der Waals surface area (Å²) in [7, 11) is 0. The summed E-state index contributed by atoms with van der Waals surface area (Å²) in [5.41, 5.74) is 1.54. The Hall–Kier alpha value is -5.63. The van der Waals surface area contributed by atoms with Gasteiger partial charge in [-0.15, -0.1) is 0 Å². The molecule has 3 aliphatic carbocycles. The lowest BCUT2D eigenvalue weighted by Gasteiger charge is -2.55. The number of halogens is 1. The first-order valence-corrected chi connectivity index (χ1v) is 16.9. The molecule has 4 aromatic rings. The molecule has 0 unspecified atom stereocenters. The highest BCUT2D eigenvalue weighted by molar-refractivity contribution is 6.31. The third-order valence-electron chi connectivity index (χ3n) is 11.4. The lowest BCUT2D eigenvalue weighted by atomic mass is 9.44. The number of fused-ring (bicyclic) bond motifs is 4. The molecule has 8 rings (SSSR count). The van der Waals surface area contributed by atoms with Crippen molar-refractivity contribution in [3.05, 3.63) is 149 Å². The molecule has 50 heavy (non-hydrogen) atoms. The van der Waals surface area contributed by atoms with Crippen LogP contribution in [0, 0.1) is 29.5 Å². The quantitative estimate of drug-likeness (QED) is 0.184. The molecule has 2 amide bonds. The number of para-hydroxylation sites is 1. The van der Waals surface area contributed by atoms with Crippen LogP contribution in [-0.2, 0) is 31.0 Å². The van der Waals surface area contributed by atoms with E-state index in [0.29, 0.717) is 23.1 Å². The fraction of sp³-hybridized carbons (Fsp3) is 0.238. The van der Waals surface area contributed by atoms with E-state index < -0.39 is 46.6 Å². The van der Waals surface area contributed by atoms with Crippen LogP contribution in [0.15, 0.2) is 121 Å². The molecule has 250 valence electrons. The standard InChI is InChI=1S/C42H34FNO6/c43-34-13-7-12-30(39(34)48)37-28-18-19-29-36(41(50)44(40(29)49)21-20-24-14-16-27(45)17-15-24)32(28)22-33-38(47)31(25-8-3-1-4-9-25)23-35(46)42(33,37)26-10-5-2-6-11-26/h1-18,23,29,32-33,36-37,45,48H,19-22H2/t29-,32+,33-,36-,37+,42-/m0/s1. The van der Waals surface area contributed by atoms with E-state index in [1.54, 1.807) is 78.9 Å². The number of phenolic OH excluding ortho intramolecular Hbond substituents is 2. The second kappa shape index (κ2) is 12.1. The number of hydrogen-bond donors (Lipinski definition) is 2. The fourth-order valence-corrected chi connectivity index (χ4v) is 9.17. The van der Waals surface area contributed by atoms with E-state index in [2.05, 4.69) is 0 Å². The molecule has 1 aliphatic heterocycles. The number of imide groups is 1. The van der Waals surface area contributed by atoms with Crippen molar-refractivity contribution < 1.29 is 33.8 Å². The molecule has 2 fully saturated rings. The number of carbonyl (C=O) groups excluding carboxylic acids is 4. The summed E-state index contributed by atoms with van der Waals surface area (Å²) >= 11 is 0. The maximum Gasteiger partial charge on any atom is 0.233 e. The molecule has 6 atom stereocenters. The Bertz CT molecular complexity index is 2110. The van der Waals surface area contributed by atoms with E-state index in [4.69, 9.17) is 0 Å². The normalized spacial score (nSPS) is 27.3. The van der Waals surface area contributed by atoms with Gasteiger partial charge in [0, 0.05) is 29.5 Å². The number of benzene rings is 4. The van der Waals surface area contributed by atoms with Gasteiger partial charge in [-0.1, -0.05) is 96.6 Å². The number of phenols is 2. The van der Waals surface area contributed by atoms with Gasteiger partial charge in [-0.05, 0) is 66.1 Å². The van der Waals surface area contributed by atoms with Gasteiger partial charge in [0.1, 0.15) is 5.75 Å². The van der Waals surface area contributed by atoms with E-state index in [0.717, 1.165) is 11.6 Å². The first-order chi connectivity index (χ1) is 24.2. The van der Waals surface area contributed by atoms with Crippen LogP contribution in [0.5, 0.6) is 11.5 Å². The fourth-order valence-electron chi connectivity index (χ4n) is 9.17. The van der Waals surface area contributed by atoms with Crippen molar-refractivity contribution in [2.45, 2.75) is 30.6 Å². The second-order valence-corrected chi connectivity index (χ2v) is 13.7. The van der Waals surface area contributed by atoms with E-state index in [-0.39, 0.29) is 59.7 Å². The van der Waals surface area contributed by atoms with E-state index >= 15 is 4.39 Å². The molecule has 8 heteroatoms. The van der Waals surface area contributed by atoms with Crippen LogP contribution in [0.1, 0.15) is 41.0 Å². The van der Waals surface area contributed by atoms with Crippen molar-refractivity contribution in [2.24, 2.45) is 23.7 Å². The molecule has 0 bridgehead atoms. The molecule has 0 radical (unpaired) electrons. The summed E-state index contributed by atoms with van der Waals surface area (Å²) < 4.78 is 15.2. The number of carbonyl (C=O) groups is 4. The second-order valence-electron chi connectivity index (χ2n) is 13.7. The van der Waals surface area contributed by atoms with Crippen LogP contribution in [0.3, 0.4) is 0 Å². The number of nitrogens with zero attached hydrogens (tertiary/aromatic N) is 1. The highest BCUT2D eigenvalue weighted by Crippen LogP contribution is 2.64. The van der Waals surface area contributed by atoms with Crippen molar-refractivity contribution in [1.82, 2.24) is 4.90 Å². The SMILES string of the molecule is O=C1C(c2ccccc2)=CC(=O)[C@@]2(c3ccccc3)[C@@H](c3cccc(F)c3O)C3=CC[C@@H]4C(=O)N(CCc5ccc(O)cc5)C(=O)[C@@H]4[C@@H]3C[C@@H]12. The average molecular weight is 668 g/mol. The number of Topliss-reactive ketones (excluding diaryl/α,β-unsaturated/α-hetero) is 1. The van der Waals surface area contributed by atoms with Crippen molar-refractivity contribution >= 4 is 29.0 Å². The Balaban J connectivity index is 1.29. The van der Waals surface area contributed by atoms with Crippen molar-refractivity contribution in [3.8, 4) is 11.5 Å².